The van der Waals surface area contributed by atoms with Crippen molar-refractivity contribution in [2.24, 2.45) is 0 Å². The summed E-state index contributed by atoms with van der Waals surface area (Å²) in [6.45, 7) is 4.24. The van der Waals surface area contributed by atoms with E-state index in [-0.39, 0.29) is 10.6 Å². The molecule has 0 aliphatic carbocycles. The van der Waals surface area contributed by atoms with Gasteiger partial charge in [-0.25, -0.2) is 9.59 Å². The minimum atomic E-state index is -1.06. The highest BCUT2D eigenvalue weighted by Gasteiger charge is 2.09. The fourth-order valence-electron chi connectivity index (χ4n) is 1.74. The predicted molar refractivity (Wildman–Crippen MR) is 83.5 cm³/mol. The first kappa shape index (κ1) is 18.0. The van der Waals surface area contributed by atoms with Crippen molar-refractivity contribution in [3.8, 4) is 5.75 Å². The lowest BCUT2D eigenvalue weighted by molar-refractivity contribution is -0.137. The second-order valence-corrected chi connectivity index (χ2v) is 4.99. The zero-order valence-corrected chi connectivity index (χ0v) is 13.0. The number of carbonyl (C=O) groups is 2. The highest BCUT2D eigenvalue weighted by molar-refractivity contribution is 6.33. The molecule has 6 heteroatoms. The number of halogens is 1. The maximum absolute atomic E-state index is 10.8. The quantitative estimate of drug-likeness (QED) is 0.403. The molecule has 0 radical (unpaired) electrons. The maximum atomic E-state index is 10.8. The summed E-state index contributed by atoms with van der Waals surface area (Å²) in [5.74, 6) is -0.909. The summed E-state index contributed by atoms with van der Waals surface area (Å²) in [5, 5.41) is 9.02. The maximum Gasteiger partial charge on any atom is 0.337 e. The van der Waals surface area contributed by atoms with E-state index in [0.29, 0.717) is 19.0 Å². The Morgan fingerprint density at radius 2 is 1.86 bits per heavy atom. The highest BCUT2D eigenvalue weighted by atomic mass is 35.5. The molecule has 1 aromatic rings. The van der Waals surface area contributed by atoms with Gasteiger partial charge in [0.15, 0.2) is 0 Å². The van der Waals surface area contributed by atoms with Crippen molar-refractivity contribution in [3.05, 3.63) is 41.4 Å². The molecule has 0 bridgehead atoms. The molecule has 0 aromatic heterocycles. The molecule has 0 fully saturated rings. The van der Waals surface area contributed by atoms with Gasteiger partial charge < -0.3 is 14.6 Å². The normalized spacial score (nSPS) is 10.0. The molecule has 0 saturated heterocycles. The molecule has 22 heavy (non-hydrogen) atoms. The fraction of sp³-hybridized carbons (Fsp3) is 0.375. The number of carboxylic acid groups (broad SMARTS) is 1. The van der Waals surface area contributed by atoms with Crippen LogP contribution in [0.1, 0.15) is 36.0 Å². The van der Waals surface area contributed by atoms with E-state index >= 15 is 0 Å². The van der Waals surface area contributed by atoms with Crippen LogP contribution in [-0.4, -0.2) is 30.3 Å². The van der Waals surface area contributed by atoms with Crippen LogP contribution >= 0.6 is 11.6 Å². The number of aromatic carboxylic acids is 1. The fourth-order valence-corrected chi connectivity index (χ4v) is 1.99. The van der Waals surface area contributed by atoms with Gasteiger partial charge in [0.25, 0.3) is 0 Å². The van der Waals surface area contributed by atoms with Gasteiger partial charge in [-0.05, 0) is 43.9 Å². The SMILES string of the molecule is C=CC(=O)OCCCCCCOc1ccc(C(=O)O)c(Cl)c1. The Morgan fingerprint density at radius 1 is 1.18 bits per heavy atom. The van der Waals surface area contributed by atoms with Crippen molar-refractivity contribution in [1.82, 2.24) is 0 Å². The van der Waals surface area contributed by atoms with E-state index in [1.807, 2.05) is 0 Å². The van der Waals surface area contributed by atoms with Gasteiger partial charge in [-0.1, -0.05) is 18.2 Å². The summed E-state index contributed by atoms with van der Waals surface area (Å²) in [6, 6.07) is 4.51. The number of hydrogen-bond donors (Lipinski definition) is 1. The van der Waals surface area contributed by atoms with Crippen molar-refractivity contribution in [2.75, 3.05) is 13.2 Å². The molecule has 5 nitrogen and oxygen atoms in total. The van der Waals surface area contributed by atoms with Gasteiger partial charge in [0.1, 0.15) is 5.75 Å². The highest BCUT2D eigenvalue weighted by Crippen LogP contribution is 2.22. The van der Waals surface area contributed by atoms with E-state index in [9.17, 15) is 9.59 Å². The van der Waals surface area contributed by atoms with Gasteiger partial charge in [-0.3, -0.25) is 0 Å². The number of benzene rings is 1. The van der Waals surface area contributed by atoms with Gasteiger partial charge in [0.2, 0.25) is 0 Å². The molecule has 0 heterocycles. The first-order valence-corrected chi connectivity index (χ1v) is 7.37. The van der Waals surface area contributed by atoms with Crippen LogP contribution in [0.25, 0.3) is 0 Å². The van der Waals surface area contributed by atoms with Crippen molar-refractivity contribution >= 4 is 23.5 Å². The molecule has 1 rings (SSSR count). The summed E-state index contributed by atoms with van der Waals surface area (Å²) in [6.07, 6.45) is 4.69. The lowest BCUT2D eigenvalue weighted by Crippen LogP contribution is -2.02. The predicted octanol–water partition coefficient (Wildman–Crippen LogP) is 3.71. The van der Waals surface area contributed by atoms with Crippen LogP contribution < -0.4 is 4.74 Å². The summed E-state index contributed by atoms with van der Waals surface area (Å²) < 4.78 is 10.4. The van der Waals surface area contributed by atoms with Gasteiger partial charge in [0, 0.05) is 6.08 Å². The Labute approximate surface area is 134 Å². The van der Waals surface area contributed by atoms with Gasteiger partial charge in [-0.2, -0.15) is 0 Å². The van der Waals surface area contributed by atoms with E-state index in [0.717, 1.165) is 31.8 Å². The molecule has 0 aliphatic heterocycles. The molecule has 0 atom stereocenters. The van der Waals surface area contributed by atoms with E-state index in [1.54, 1.807) is 6.07 Å². The third kappa shape index (κ3) is 6.63. The summed E-state index contributed by atoms with van der Waals surface area (Å²) in [5.41, 5.74) is 0.0584. The lowest BCUT2D eigenvalue weighted by Gasteiger charge is -2.07. The van der Waals surface area contributed by atoms with Gasteiger partial charge in [0.05, 0.1) is 23.8 Å². The molecule has 1 N–H and O–H groups in total. The molecule has 0 saturated carbocycles. The van der Waals surface area contributed by atoms with E-state index in [1.165, 1.54) is 12.1 Å². The van der Waals surface area contributed by atoms with E-state index in [4.69, 9.17) is 26.2 Å². The van der Waals surface area contributed by atoms with Crippen molar-refractivity contribution in [3.63, 3.8) is 0 Å². The Hall–Kier alpha value is -2.01. The Morgan fingerprint density at radius 3 is 2.45 bits per heavy atom. The standard InChI is InChI=1S/C16H19ClO5/c1-2-15(18)22-10-6-4-3-5-9-21-12-7-8-13(16(19)20)14(17)11-12/h2,7-8,11H,1,3-6,9-10H2,(H,19,20). The number of hydrogen-bond acceptors (Lipinski definition) is 4. The summed E-state index contributed by atoms with van der Waals surface area (Å²) in [4.78, 5) is 21.6. The van der Waals surface area contributed by atoms with Crippen molar-refractivity contribution < 1.29 is 24.2 Å². The second-order valence-electron chi connectivity index (χ2n) is 4.58. The molecule has 0 aliphatic rings. The zero-order valence-electron chi connectivity index (χ0n) is 12.2. The molecular formula is C16H19ClO5. The number of unbranched alkanes of at least 4 members (excludes halogenated alkanes) is 3. The van der Waals surface area contributed by atoms with Crippen LogP contribution in [0.2, 0.25) is 5.02 Å². The third-order valence-electron chi connectivity index (χ3n) is 2.89. The van der Waals surface area contributed by atoms with Crippen LogP contribution in [0.15, 0.2) is 30.9 Å². The molecule has 0 amide bonds. The lowest BCUT2D eigenvalue weighted by atomic mass is 10.2. The second kappa shape index (κ2) is 9.84. The molecule has 120 valence electrons. The third-order valence-corrected chi connectivity index (χ3v) is 3.20. The number of carboxylic acids is 1. The first-order valence-electron chi connectivity index (χ1n) is 6.99. The van der Waals surface area contributed by atoms with Crippen LogP contribution in [-0.2, 0) is 9.53 Å². The van der Waals surface area contributed by atoms with Crippen LogP contribution in [0.5, 0.6) is 5.75 Å². The minimum absolute atomic E-state index is 0.0584. The average molecular weight is 327 g/mol. The van der Waals surface area contributed by atoms with Crippen molar-refractivity contribution in [1.29, 1.82) is 0 Å². The van der Waals surface area contributed by atoms with Crippen LogP contribution in [0.3, 0.4) is 0 Å². The smallest absolute Gasteiger partial charge is 0.337 e. The van der Waals surface area contributed by atoms with Gasteiger partial charge >= 0.3 is 11.9 Å². The Kier molecular flexibility index (Phi) is 8.07. The Bertz CT molecular complexity index is 527. The topological polar surface area (TPSA) is 72.8 Å². The van der Waals surface area contributed by atoms with E-state index in [2.05, 4.69) is 6.58 Å². The zero-order chi connectivity index (χ0) is 16.4. The average Bonchev–Trinajstić information content (AvgIpc) is 2.49. The molecular weight excluding hydrogens is 308 g/mol. The first-order chi connectivity index (χ1) is 10.5. The molecule has 1 aromatic carbocycles. The number of carbonyl (C=O) groups excluding carboxylic acids is 1. The molecule has 0 spiro atoms. The summed E-state index contributed by atoms with van der Waals surface area (Å²) in [7, 11) is 0. The largest absolute Gasteiger partial charge is 0.494 e. The monoisotopic (exact) mass is 326 g/mol. The van der Waals surface area contributed by atoms with Crippen LogP contribution in [0, 0.1) is 0 Å². The van der Waals surface area contributed by atoms with Crippen molar-refractivity contribution in [2.45, 2.75) is 25.7 Å². The van der Waals surface area contributed by atoms with Gasteiger partial charge in [-0.15, -0.1) is 0 Å². The number of ether oxygens (including phenoxy) is 2. The number of esters is 1. The number of rotatable bonds is 10. The molecule has 0 unspecified atom stereocenters. The summed E-state index contributed by atoms with van der Waals surface area (Å²) >= 11 is 5.85. The Balaban J connectivity index is 2.15. The van der Waals surface area contributed by atoms with E-state index < -0.39 is 11.9 Å². The minimum Gasteiger partial charge on any atom is -0.494 e. The van der Waals surface area contributed by atoms with Crippen LogP contribution in [0.4, 0.5) is 0 Å².